The van der Waals surface area contributed by atoms with Crippen molar-refractivity contribution in [1.82, 2.24) is 20.4 Å². The zero-order valence-corrected chi connectivity index (χ0v) is 18.4. The van der Waals surface area contributed by atoms with E-state index in [0.717, 1.165) is 5.16 Å². The molecule has 0 bridgehead atoms. The van der Waals surface area contributed by atoms with Crippen molar-refractivity contribution in [2.24, 2.45) is 7.05 Å². The molecule has 0 aliphatic carbocycles. The minimum absolute atomic E-state index is 0.0333. The molecule has 1 atom stereocenters. The van der Waals surface area contributed by atoms with Crippen LogP contribution in [0.15, 0.2) is 66.1 Å². The third-order valence-corrected chi connectivity index (χ3v) is 5.70. The number of benzene rings is 2. The summed E-state index contributed by atoms with van der Waals surface area (Å²) in [4.78, 5) is 40.9. The Bertz CT molecular complexity index is 1160. The number of nitrogens with one attached hydrogen (secondary N) is 3. The van der Waals surface area contributed by atoms with Gasteiger partial charge in [0.15, 0.2) is 16.7 Å². The second-order valence-electron chi connectivity index (χ2n) is 7.04. The number of nitrogens with zero attached hydrogens (tertiary/aromatic N) is 2. The molecule has 170 valence electrons. The van der Waals surface area contributed by atoms with Gasteiger partial charge in [-0.15, -0.1) is 0 Å². The average molecular weight is 468 g/mol. The minimum atomic E-state index is -0.888. The third kappa shape index (κ3) is 5.63. The summed E-state index contributed by atoms with van der Waals surface area (Å²) in [5.41, 5.74) is 5.54. The van der Waals surface area contributed by atoms with Crippen LogP contribution in [0.4, 0.5) is 5.69 Å². The second-order valence-corrected chi connectivity index (χ2v) is 7.99. The monoisotopic (exact) mass is 467 g/mol. The SMILES string of the molecule is Cn1ccnc1SCC(=O)Nc1ccc(C(=O)NNC(=O)[C@H]2COc3ccccc3O2)cc1. The zero-order chi connectivity index (χ0) is 23.2. The average Bonchev–Trinajstić information content (AvgIpc) is 3.25. The zero-order valence-electron chi connectivity index (χ0n) is 17.6. The lowest BCUT2D eigenvalue weighted by molar-refractivity contribution is -0.131. The molecule has 0 spiro atoms. The van der Waals surface area contributed by atoms with E-state index in [1.54, 1.807) is 60.9 Å². The molecule has 4 rings (SSSR count). The first-order chi connectivity index (χ1) is 16.0. The highest BCUT2D eigenvalue weighted by Crippen LogP contribution is 2.30. The first kappa shape index (κ1) is 22.2. The molecule has 0 saturated carbocycles. The molecule has 3 aromatic rings. The van der Waals surface area contributed by atoms with Gasteiger partial charge in [0, 0.05) is 30.7 Å². The van der Waals surface area contributed by atoms with Crippen LogP contribution in [0.5, 0.6) is 11.5 Å². The van der Waals surface area contributed by atoms with Gasteiger partial charge in [-0.1, -0.05) is 23.9 Å². The van der Waals surface area contributed by atoms with E-state index in [-0.39, 0.29) is 18.3 Å². The van der Waals surface area contributed by atoms with E-state index < -0.39 is 17.9 Å². The summed E-state index contributed by atoms with van der Waals surface area (Å²) in [5, 5.41) is 3.51. The fourth-order valence-electron chi connectivity index (χ4n) is 2.94. The fraction of sp³-hybridized carbons (Fsp3) is 0.182. The molecule has 3 amide bonds. The Balaban J connectivity index is 1.23. The summed E-state index contributed by atoms with van der Waals surface area (Å²) in [7, 11) is 1.86. The number of fused-ring (bicyclic) bond motifs is 1. The Labute approximate surface area is 193 Å². The van der Waals surface area contributed by atoms with Gasteiger partial charge in [-0.25, -0.2) is 4.98 Å². The van der Waals surface area contributed by atoms with Crippen LogP contribution in [-0.4, -0.2) is 45.7 Å². The van der Waals surface area contributed by atoms with Gasteiger partial charge < -0.3 is 19.4 Å². The molecule has 2 aromatic carbocycles. The van der Waals surface area contributed by atoms with Crippen molar-refractivity contribution in [3.05, 3.63) is 66.5 Å². The number of aryl methyl sites for hydroxylation is 1. The van der Waals surface area contributed by atoms with Gasteiger partial charge in [-0.2, -0.15) is 0 Å². The second kappa shape index (κ2) is 10.1. The van der Waals surface area contributed by atoms with Crippen LogP contribution in [0.2, 0.25) is 0 Å². The molecule has 10 nitrogen and oxygen atoms in total. The number of amides is 3. The molecule has 0 fully saturated rings. The summed E-state index contributed by atoms with van der Waals surface area (Å²) in [6.07, 6.45) is 2.59. The Morgan fingerprint density at radius 2 is 1.85 bits per heavy atom. The van der Waals surface area contributed by atoms with E-state index in [9.17, 15) is 14.4 Å². The number of carbonyl (C=O) groups is 3. The van der Waals surface area contributed by atoms with Gasteiger partial charge in [0.05, 0.1) is 5.75 Å². The van der Waals surface area contributed by atoms with E-state index >= 15 is 0 Å². The van der Waals surface area contributed by atoms with Crippen molar-refractivity contribution >= 4 is 35.2 Å². The molecule has 0 saturated heterocycles. The largest absolute Gasteiger partial charge is 0.485 e. The van der Waals surface area contributed by atoms with Crippen molar-refractivity contribution in [2.75, 3.05) is 17.7 Å². The fourth-order valence-corrected chi connectivity index (χ4v) is 3.68. The van der Waals surface area contributed by atoms with Crippen LogP contribution in [0, 0.1) is 0 Å². The molecule has 0 unspecified atom stereocenters. The summed E-state index contributed by atoms with van der Waals surface area (Å²) in [6.45, 7) is 0.0333. The predicted octanol–water partition coefficient (Wildman–Crippen LogP) is 1.75. The summed E-state index contributed by atoms with van der Waals surface area (Å²) < 4.78 is 12.9. The molecule has 33 heavy (non-hydrogen) atoms. The summed E-state index contributed by atoms with van der Waals surface area (Å²) in [6, 6.07) is 13.3. The normalized spacial score (nSPS) is 14.3. The van der Waals surface area contributed by atoms with Crippen LogP contribution in [0.1, 0.15) is 10.4 Å². The molecule has 1 aliphatic rings. The van der Waals surface area contributed by atoms with Crippen LogP contribution < -0.4 is 25.6 Å². The lowest BCUT2D eigenvalue weighted by atomic mass is 10.2. The van der Waals surface area contributed by atoms with Crippen molar-refractivity contribution in [3.63, 3.8) is 0 Å². The number of hydrogen-bond acceptors (Lipinski definition) is 7. The quantitative estimate of drug-likeness (QED) is 0.373. The molecule has 3 N–H and O–H groups in total. The highest BCUT2D eigenvalue weighted by molar-refractivity contribution is 7.99. The van der Waals surface area contributed by atoms with Crippen molar-refractivity contribution in [3.8, 4) is 11.5 Å². The Morgan fingerprint density at radius 1 is 1.09 bits per heavy atom. The minimum Gasteiger partial charge on any atom is -0.485 e. The first-order valence-electron chi connectivity index (χ1n) is 9.98. The number of hydrogen-bond donors (Lipinski definition) is 3. The molecular weight excluding hydrogens is 446 g/mol. The highest BCUT2D eigenvalue weighted by Gasteiger charge is 2.27. The van der Waals surface area contributed by atoms with Crippen LogP contribution >= 0.6 is 11.8 Å². The lowest BCUT2D eigenvalue weighted by Gasteiger charge is -2.25. The van der Waals surface area contributed by atoms with Gasteiger partial charge in [0.1, 0.15) is 6.61 Å². The maximum Gasteiger partial charge on any atom is 0.283 e. The van der Waals surface area contributed by atoms with Crippen LogP contribution in [-0.2, 0) is 16.6 Å². The van der Waals surface area contributed by atoms with Crippen molar-refractivity contribution in [1.29, 1.82) is 0 Å². The Hall–Kier alpha value is -3.99. The molecule has 1 aromatic heterocycles. The predicted molar refractivity (Wildman–Crippen MR) is 121 cm³/mol. The topological polar surface area (TPSA) is 124 Å². The maximum atomic E-state index is 12.3. The van der Waals surface area contributed by atoms with E-state index in [4.69, 9.17) is 9.47 Å². The molecule has 11 heteroatoms. The van der Waals surface area contributed by atoms with E-state index in [2.05, 4.69) is 21.2 Å². The van der Waals surface area contributed by atoms with Crippen molar-refractivity contribution < 1.29 is 23.9 Å². The van der Waals surface area contributed by atoms with Crippen LogP contribution in [0.3, 0.4) is 0 Å². The smallest absolute Gasteiger partial charge is 0.283 e. The number of para-hydroxylation sites is 2. The highest BCUT2D eigenvalue weighted by atomic mass is 32.2. The Kier molecular flexibility index (Phi) is 6.79. The number of imidazole rings is 1. The molecule has 2 heterocycles. The number of anilines is 1. The number of thioether (sulfide) groups is 1. The van der Waals surface area contributed by atoms with Gasteiger partial charge in [-0.3, -0.25) is 25.2 Å². The number of hydrazine groups is 1. The Morgan fingerprint density at radius 3 is 2.58 bits per heavy atom. The van der Waals surface area contributed by atoms with E-state index in [1.807, 2.05) is 11.6 Å². The van der Waals surface area contributed by atoms with Crippen molar-refractivity contribution in [2.45, 2.75) is 11.3 Å². The standard InChI is InChI=1S/C22H21N5O5S/c1-27-11-10-23-22(27)33-13-19(28)24-15-8-6-14(7-9-15)20(29)25-26-21(30)18-12-31-16-4-2-3-5-17(16)32-18/h2-11,18H,12-13H2,1H3,(H,24,28)(H,25,29)(H,26,30)/t18-/m1/s1. The van der Waals surface area contributed by atoms with Gasteiger partial charge in [0.2, 0.25) is 12.0 Å². The number of ether oxygens (including phenoxy) is 2. The lowest BCUT2D eigenvalue weighted by Crippen LogP contribution is -2.50. The van der Waals surface area contributed by atoms with Gasteiger partial charge >= 0.3 is 0 Å². The summed E-state index contributed by atoms with van der Waals surface area (Å²) in [5.74, 6) is -0.00476. The van der Waals surface area contributed by atoms with Gasteiger partial charge in [0.25, 0.3) is 11.8 Å². The van der Waals surface area contributed by atoms with E-state index in [1.165, 1.54) is 11.8 Å². The molecular formula is C22H21N5O5S. The third-order valence-electron chi connectivity index (χ3n) is 4.64. The number of carbonyl (C=O) groups excluding carboxylic acids is 3. The number of aromatic nitrogens is 2. The van der Waals surface area contributed by atoms with Gasteiger partial charge in [-0.05, 0) is 36.4 Å². The first-order valence-corrected chi connectivity index (χ1v) is 11.0. The molecule has 1 aliphatic heterocycles. The van der Waals surface area contributed by atoms with Crippen LogP contribution in [0.25, 0.3) is 0 Å². The van der Waals surface area contributed by atoms with E-state index in [0.29, 0.717) is 22.7 Å². The molecule has 0 radical (unpaired) electrons. The summed E-state index contributed by atoms with van der Waals surface area (Å²) >= 11 is 1.32. The number of rotatable bonds is 6. The maximum absolute atomic E-state index is 12.3.